The number of carboxylic acids is 1. The lowest BCUT2D eigenvalue weighted by Gasteiger charge is -2.17. The summed E-state index contributed by atoms with van der Waals surface area (Å²) in [6.45, 7) is 1.78. The monoisotopic (exact) mass is 284 g/mol. The number of aliphatic hydroxyl groups excluding tert-OH is 2. The summed E-state index contributed by atoms with van der Waals surface area (Å²) in [6.07, 6.45) is -2.17. The van der Waals surface area contributed by atoms with E-state index in [1.54, 1.807) is 6.92 Å². The second kappa shape index (κ2) is 6.83. The largest absolute Gasteiger partial charge is 0.478 e. The van der Waals surface area contributed by atoms with Crippen LogP contribution in [-0.2, 0) is 9.53 Å². The lowest BCUT2D eigenvalue weighted by atomic mass is 10.0. The Morgan fingerprint density at radius 2 is 2.10 bits per heavy atom. The minimum atomic E-state index is -1.47. The summed E-state index contributed by atoms with van der Waals surface area (Å²) < 4.78 is 4.64. The van der Waals surface area contributed by atoms with Crippen LogP contribution in [0.15, 0.2) is 12.3 Å². The number of ether oxygens (including phenoxy) is 1. The van der Waals surface area contributed by atoms with Gasteiger partial charge in [0.15, 0.2) is 0 Å². The number of hydrogen-bond acceptors (Lipinski definition) is 7. The molecule has 0 radical (unpaired) electrons. The van der Waals surface area contributed by atoms with Gasteiger partial charge < -0.3 is 25.8 Å². The number of aliphatic hydroxyl groups is 2. The number of nitrogen functional groups attached to an aromatic ring is 1. The predicted molar refractivity (Wildman–Crippen MR) is 67.8 cm³/mol. The molecule has 8 heteroatoms. The van der Waals surface area contributed by atoms with Gasteiger partial charge in [-0.15, -0.1) is 0 Å². The van der Waals surface area contributed by atoms with E-state index in [4.69, 9.17) is 10.8 Å². The van der Waals surface area contributed by atoms with Crippen LogP contribution in [0.2, 0.25) is 0 Å². The van der Waals surface area contributed by atoms with Gasteiger partial charge in [-0.05, 0) is 13.0 Å². The molecule has 0 aromatic carbocycles. The fourth-order valence-electron chi connectivity index (χ4n) is 1.55. The average Bonchev–Trinajstić information content (AvgIpc) is 2.38. The number of aromatic carboxylic acids is 1. The van der Waals surface area contributed by atoms with Crippen LogP contribution in [0, 0.1) is 0 Å². The molecule has 110 valence electrons. The molecule has 0 bridgehead atoms. The molecule has 2 unspecified atom stereocenters. The SMILES string of the molecule is CCOC(=O)CC(O)C(O)c1cnc(N)c(C(=O)O)c1. The summed E-state index contributed by atoms with van der Waals surface area (Å²) in [4.78, 5) is 25.7. The maximum atomic E-state index is 11.2. The molecule has 0 spiro atoms. The van der Waals surface area contributed by atoms with E-state index >= 15 is 0 Å². The van der Waals surface area contributed by atoms with Crippen molar-refractivity contribution in [2.75, 3.05) is 12.3 Å². The van der Waals surface area contributed by atoms with E-state index in [-0.39, 0.29) is 23.6 Å². The fourth-order valence-corrected chi connectivity index (χ4v) is 1.55. The molecule has 0 aliphatic carbocycles. The molecule has 1 heterocycles. The van der Waals surface area contributed by atoms with Gasteiger partial charge in [-0.1, -0.05) is 0 Å². The number of esters is 1. The summed E-state index contributed by atoms with van der Waals surface area (Å²) in [6, 6.07) is 1.10. The van der Waals surface area contributed by atoms with Gasteiger partial charge in [0, 0.05) is 11.8 Å². The van der Waals surface area contributed by atoms with Crippen LogP contribution in [0.1, 0.15) is 35.4 Å². The van der Waals surface area contributed by atoms with Crippen LogP contribution in [0.25, 0.3) is 0 Å². The molecule has 20 heavy (non-hydrogen) atoms. The van der Waals surface area contributed by atoms with Gasteiger partial charge in [-0.2, -0.15) is 0 Å². The van der Waals surface area contributed by atoms with Crippen LogP contribution < -0.4 is 5.73 Å². The topological polar surface area (TPSA) is 143 Å². The first-order valence-electron chi connectivity index (χ1n) is 5.87. The van der Waals surface area contributed by atoms with Crippen molar-refractivity contribution in [3.63, 3.8) is 0 Å². The van der Waals surface area contributed by atoms with Crippen molar-refractivity contribution in [2.24, 2.45) is 0 Å². The lowest BCUT2D eigenvalue weighted by molar-refractivity contribution is -0.147. The van der Waals surface area contributed by atoms with Crippen LogP contribution >= 0.6 is 0 Å². The summed E-state index contributed by atoms with van der Waals surface area (Å²) in [5, 5.41) is 28.5. The summed E-state index contributed by atoms with van der Waals surface area (Å²) in [5.41, 5.74) is 5.14. The Balaban J connectivity index is 2.86. The Bertz CT molecular complexity index is 505. The number of anilines is 1. The van der Waals surface area contributed by atoms with E-state index < -0.39 is 30.6 Å². The zero-order chi connectivity index (χ0) is 15.3. The number of pyridine rings is 1. The normalized spacial score (nSPS) is 13.6. The number of carboxylic acid groups (broad SMARTS) is 1. The first-order chi connectivity index (χ1) is 9.36. The zero-order valence-corrected chi connectivity index (χ0v) is 10.8. The third-order valence-electron chi connectivity index (χ3n) is 2.56. The number of aromatic nitrogens is 1. The number of nitrogens with zero attached hydrogens (tertiary/aromatic N) is 1. The highest BCUT2D eigenvalue weighted by Crippen LogP contribution is 2.21. The van der Waals surface area contributed by atoms with Gasteiger partial charge in [-0.3, -0.25) is 4.79 Å². The van der Waals surface area contributed by atoms with E-state index in [1.807, 2.05) is 0 Å². The van der Waals surface area contributed by atoms with Crippen molar-refractivity contribution in [2.45, 2.75) is 25.6 Å². The van der Waals surface area contributed by atoms with Gasteiger partial charge in [0.2, 0.25) is 0 Å². The van der Waals surface area contributed by atoms with Gasteiger partial charge >= 0.3 is 11.9 Å². The first-order valence-corrected chi connectivity index (χ1v) is 5.87. The quantitative estimate of drug-likeness (QED) is 0.522. The average molecular weight is 284 g/mol. The summed E-state index contributed by atoms with van der Waals surface area (Å²) in [7, 11) is 0. The van der Waals surface area contributed by atoms with Crippen LogP contribution in [0.3, 0.4) is 0 Å². The number of carbonyl (C=O) groups is 2. The van der Waals surface area contributed by atoms with E-state index in [1.165, 1.54) is 0 Å². The van der Waals surface area contributed by atoms with Gasteiger partial charge in [0.1, 0.15) is 17.5 Å². The highest BCUT2D eigenvalue weighted by atomic mass is 16.5. The number of carbonyl (C=O) groups excluding carboxylic acids is 1. The van der Waals surface area contributed by atoms with Crippen molar-refractivity contribution in [1.82, 2.24) is 4.98 Å². The van der Waals surface area contributed by atoms with Gasteiger partial charge in [0.05, 0.1) is 19.1 Å². The second-order valence-electron chi connectivity index (χ2n) is 4.03. The molecular formula is C12H16N2O6. The molecule has 0 saturated heterocycles. The van der Waals surface area contributed by atoms with E-state index in [0.717, 1.165) is 12.3 Å². The first kappa shape index (κ1) is 15.9. The molecule has 0 saturated carbocycles. The summed E-state index contributed by atoms with van der Waals surface area (Å²) in [5.74, 6) is -2.17. The Morgan fingerprint density at radius 1 is 1.45 bits per heavy atom. The Labute approximate surface area is 114 Å². The molecule has 1 rings (SSSR count). The van der Waals surface area contributed by atoms with Crippen molar-refractivity contribution >= 4 is 17.8 Å². The van der Waals surface area contributed by atoms with Crippen LogP contribution in [-0.4, -0.2) is 45.0 Å². The third-order valence-corrected chi connectivity index (χ3v) is 2.56. The standard InChI is InChI=1S/C12H16N2O6/c1-2-20-9(16)4-8(15)10(17)6-3-7(12(18)19)11(13)14-5-6/h3,5,8,10,15,17H,2,4H2,1H3,(H2,13,14)(H,18,19). The molecule has 8 nitrogen and oxygen atoms in total. The van der Waals surface area contributed by atoms with Crippen molar-refractivity contribution in [1.29, 1.82) is 0 Å². The molecule has 0 aliphatic heterocycles. The predicted octanol–water partition coefficient (Wildman–Crippen LogP) is -0.291. The zero-order valence-electron chi connectivity index (χ0n) is 10.8. The maximum absolute atomic E-state index is 11.2. The van der Waals surface area contributed by atoms with E-state index in [0.29, 0.717) is 0 Å². The molecule has 0 fully saturated rings. The number of nitrogens with two attached hydrogens (primary N) is 1. The molecule has 5 N–H and O–H groups in total. The van der Waals surface area contributed by atoms with Crippen molar-refractivity contribution < 1.29 is 29.6 Å². The molecule has 1 aromatic heterocycles. The molecule has 1 aromatic rings. The maximum Gasteiger partial charge on any atom is 0.339 e. The summed E-state index contributed by atoms with van der Waals surface area (Å²) >= 11 is 0. The molecular weight excluding hydrogens is 268 g/mol. The Hall–Kier alpha value is -2.19. The molecule has 0 amide bonds. The van der Waals surface area contributed by atoms with Crippen molar-refractivity contribution in [3.8, 4) is 0 Å². The number of hydrogen-bond donors (Lipinski definition) is 4. The number of rotatable bonds is 6. The van der Waals surface area contributed by atoms with Crippen LogP contribution in [0.5, 0.6) is 0 Å². The van der Waals surface area contributed by atoms with E-state index in [2.05, 4.69) is 9.72 Å². The minimum Gasteiger partial charge on any atom is -0.478 e. The van der Waals surface area contributed by atoms with Crippen molar-refractivity contribution in [3.05, 3.63) is 23.4 Å². The third kappa shape index (κ3) is 3.90. The molecule has 2 atom stereocenters. The molecule has 0 aliphatic rings. The Kier molecular flexibility index (Phi) is 5.42. The van der Waals surface area contributed by atoms with Crippen LogP contribution in [0.4, 0.5) is 5.82 Å². The highest BCUT2D eigenvalue weighted by molar-refractivity contribution is 5.92. The highest BCUT2D eigenvalue weighted by Gasteiger charge is 2.24. The smallest absolute Gasteiger partial charge is 0.339 e. The van der Waals surface area contributed by atoms with E-state index in [9.17, 15) is 19.8 Å². The van der Waals surface area contributed by atoms with Gasteiger partial charge in [0.25, 0.3) is 0 Å². The fraction of sp³-hybridized carbons (Fsp3) is 0.417. The Morgan fingerprint density at radius 3 is 2.65 bits per heavy atom. The second-order valence-corrected chi connectivity index (χ2v) is 4.03. The van der Waals surface area contributed by atoms with Gasteiger partial charge in [-0.25, -0.2) is 9.78 Å². The lowest BCUT2D eigenvalue weighted by Crippen LogP contribution is -2.23. The minimum absolute atomic E-state index is 0.0494.